The second kappa shape index (κ2) is 10.0. The molecule has 186 valence electrons. The fourth-order valence-electron chi connectivity index (χ4n) is 4.50. The van der Waals surface area contributed by atoms with Gasteiger partial charge in [0, 0.05) is 43.0 Å². The van der Waals surface area contributed by atoms with Gasteiger partial charge in [0.15, 0.2) is 0 Å². The number of ether oxygens (including phenoxy) is 1. The molecule has 4 heterocycles. The molecule has 36 heavy (non-hydrogen) atoms. The lowest BCUT2D eigenvalue weighted by Crippen LogP contribution is -2.36. The van der Waals surface area contributed by atoms with Crippen molar-refractivity contribution in [1.82, 2.24) is 24.5 Å². The smallest absolute Gasteiger partial charge is 0.230 e. The van der Waals surface area contributed by atoms with Crippen LogP contribution in [0.1, 0.15) is 37.4 Å². The molecule has 0 saturated carbocycles. The van der Waals surface area contributed by atoms with Crippen LogP contribution in [0.15, 0.2) is 48.8 Å². The molecule has 0 spiro atoms. The highest BCUT2D eigenvalue weighted by molar-refractivity contribution is 6.33. The SMILES string of the molecule is COCc1cccnc1-c1ccc(CN2C(=O)CCn3nc(-c4c(Cl)cnn4C(C)C)cc32)cc1Cl. The summed E-state index contributed by atoms with van der Waals surface area (Å²) in [5, 5.41) is 10.2. The van der Waals surface area contributed by atoms with Gasteiger partial charge < -0.3 is 4.74 Å². The summed E-state index contributed by atoms with van der Waals surface area (Å²) in [6, 6.07) is 11.7. The van der Waals surface area contributed by atoms with E-state index in [1.807, 2.05) is 59.6 Å². The number of fused-ring (bicyclic) bond motifs is 1. The Morgan fingerprint density at radius 1 is 1.14 bits per heavy atom. The minimum absolute atomic E-state index is 0.0321. The zero-order valence-corrected chi connectivity index (χ0v) is 21.8. The molecule has 0 saturated heterocycles. The van der Waals surface area contributed by atoms with E-state index in [1.165, 1.54) is 0 Å². The number of methoxy groups -OCH3 is 1. The Morgan fingerprint density at radius 2 is 1.97 bits per heavy atom. The molecule has 4 aromatic rings. The lowest BCUT2D eigenvalue weighted by molar-refractivity contribution is -0.119. The van der Waals surface area contributed by atoms with Crippen LogP contribution < -0.4 is 4.90 Å². The van der Waals surface area contributed by atoms with Crippen LogP contribution >= 0.6 is 23.2 Å². The number of aryl methyl sites for hydroxylation is 1. The van der Waals surface area contributed by atoms with Gasteiger partial charge in [-0.1, -0.05) is 41.4 Å². The van der Waals surface area contributed by atoms with Gasteiger partial charge in [0.2, 0.25) is 5.91 Å². The third-order valence-corrected chi connectivity index (χ3v) is 6.77. The highest BCUT2D eigenvalue weighted by Gasteiger charge is 2.28. The molecule has 1 amide bonds. The Hall–Kier alpha value is -3.20. The Labute approximate surface area is 219 Å². The zero-order chi connectivity index (χ0) is 25.4. The Morgan fingerprint density at radius 3 is 2.72 bits per heavy atom. The normalized spacial score (nSPS) is 13.5. The minimum atomic E-state index is 0.0321. The van der Waals surface area contributed by atoms with Crippen LogP contribution in [0.4, 0.5) is 5.82 Å². The number of pyridine rings is 1. The van der Waals surface area contributed by atoms with Gasteiger partial charge in [-0.25, -0.2) is 4.68 Å². The standard InChI is InChI=1S/C26H26Cl2N6O2/c1-16(2)34-26(21(28)13-30-34)22-12-23-32(24(35)8-10-33(23)31-22)14-17-6-7-19(20(27)11-17)25-18(15-36-3)5-4-9-29-25/h4-7,9,11-13,16H,8,10,14-15H2,1-3H3. The number of amides is 1. The summed E-state index contributed by atoms with van der Waals surface area (Å²) >= 11 is 13.2. The summed E-state index contributed by atoms with van der Waals surface area (Å²) in [7, 11) is 1.65. The topological polar surface area (TPSA) is 78.1 Å². The van der Waals surface area contributed by atoms with Gasteiger partial charge >= 0.3 is 0 Å². The number of carbonyl (C=O) groups excluding carboxylic acids is 1. The third-order valence-electron chi connectivity index (χ3n) is 6.18. The first-order valence-corrected chi connectivity index (χ1v) is 12.5. The minimum Gasteiger partial charge on any atom is -0.380 e. The van der Waals surface area contributed by atoms with Crippen LogP contribution in [-0.4, -0.2) is 37.6 Å². The quantitative estimate of drug-likeness (QED) is 0.306. The van der Waals surface area contributed by atoms with Gasteiger partial charge in [-0.3, -0.25) is 19.4 Å². The molecule has 0 bridgehead atoms. The number of carbonyl (C=O) groups is 1. The van der Waals surface area contributed by atoms with Crippen LogP contribution in [0.25, 0.3) is 22.6 Å². The summed E-state index contributed by atoms with van der Waals surface area (Å²) in [6.07, 6.45) is 3.73. The van der Waals surface area contributed by atoms with Gasteiger partial charge in [0.25, 0.3) is 0 Å². The molecular weight excluding hydrogens is 499 g/mol. The van der Waals surface area contributed by atoms with Crippen molar-refractivity contribution in [1.29, 1.82) is 0 Å². The molecule has 1 aliphatic rings. The Bertz CT molecular complexity index is 1430. The van der Waals surface area contributed by atoms with E-state index in [1.54, 1.807) is 24.4 Å². The van der Waals surface area contributed by atoms with Crippen molar-refractivity contribution >= 4 is 34.9 Å². The first-order valence-electron chi connectivity index (χ1n) is 11.7. The first-order chi connectivity index (χ1) is 17.4. The molecule has 5 rings (SSSR count). The molecule has 8 nitrogen and oxygen atoms in total. The second-order valence-electron chi connectivity index (χ2n) is 8.98. The maximum absolute atomic E-state index is 13.0. The predicted molar refractivity (Wildman–Crippen MR) is 140 cm³/mol. The molecule has 0 radical (unpaired) electrons. The van der Waals surface area contributed by atoms with Gasteiger partial charge in [-0.05, 0) is 31.5 Å². The lowest BCUT2D eigenvalue weighted by atomic mass is 10.0. The van der Waals surface area contributed by atoms with E-state index in [2.05, 4.69) is 10.1 Å². The average molecular weight is 525 g/mol. The van der Waals surface area contributed by atoms with Crippen molar-refractivity contribution in [2.45, 2.75) is 46.0 Å². The third kappa shape index (κ3) is 4.52. The van der Waals surface area contributed by atoms with Crippen molar-refractivity contribution < 1.29 is 9.53 Å². The van der Waals surface area contributed by atoms with Crippen LogP contribution in [0.3, 0.4) is 0 Å². The number of rotatable bonds is 7. The van der Waals surface area contributed by atoms with Crippen molar-refractivity contribution in [2.24, 2.45) is 0 Å². The van der Waals surface area contributed by atoms with E-state index in [4.69, 9.17) is 33.0 Å². The summed E-state index contributed by atoms with van der Waals surface area (Å²) in [5.41, 5.74) is 4.90. The van der Waals surface area contributed by atoms with Crippen LogP contribution in [0.2, 0.25) is 10.0 Å². The maximum Gasteiger partial charge on any atom is 0.230 e. The molecule has 1 aliphatic heterocycles. The van der Waals surface area contributed by atoms with Gasteiger partial charge in [0.05, 0.1) is 41.6 Å². The van der Waals surface area contributed by atoms with Crippen molar-refractivity contribution in [3.05, 3.63) is 70.0 Å². The van der Waals surface area contributed by atoms with Crippen LogP contribution in [-0.2, 0) is 29.2 Å². The van der Waals surface area contributed by atoms with E-state index in [-0.39, 0.29) is 11.9 Å². The number of hydrogen-bond acceptors (Lipinski definition) is 5. The highest BCUT2D eigenvalue weighted by Crippen LogP contribution is 2.35. The van der Waals surface area contributed by atoms with E-state index >= 15 is 0 Å². The van der Waals surface area contributed by atoms with Gasteiger partial charge in [0.1, 0.15) is 17.2 Å². The van der Waals surface area contributed by atoms with Crippen molar-refractivity contribution in [3.8, 4) is 22.6 Å². The van der Waals surface area contributed by atoms with Crippen molar-refractivity contribution in [3.63, 3.8) is 0 Å². The number of nitrogens with zero attached hydrogens (tertiary/aromatic N) is 6. The average Bonchev–Trinajstić information content (AvgIpc) is 3.45. The van der Waals surface area contributed by atoms with Gasteiger partial charge in [-0.2, -0.15) is 10.2 Å². The number of hydrogen-bond donors (Lipinski definition) is 0. The highest BCUT2D eigenvalue weighted by atomic mass is 35.5. The molecule has 0 atom stereocenters. The molecule has 0 unspecified atom stereocenters. The molecule has 10 heteroatoms. The molecule has 3 aromatic heterocycles. The number of halogens is 2. The summed E-state index contributed by atoms with van der Waals surface area (Å²) in [5.74, 6) is 0.755. The molecular formula is C26H26Cl2N6O2. The van der Waals surface area contributed by atoms with E-state index in [9.17, 15) is 4.79 Å². The number of aromatic nitrogens is 5. The molecule has 0 fully saturated rings. The molecule has 0 N–H and O–H groups in total. The Kier molecular flexibility index (Phi) is 6.83. The second-order valence-corrected chi connectivity index (χ2v) is 9.79. The van der Waals surface area contributed by atoms with Crippen molar-refractivity contribution in [2.75, 3.05) is 12.0 Å². The molecule has 1 aromatic carbocycles. The predicted octanol–water partition coefficient (Wildman–Crippen LogP) is 5.78. The largest absolute Gasteiger partial charge is 0.380 e. The zero-order valence-electron chi connectivity index (χ0n) is 20.3. The maximum atomic E-state index is 13.0. The Balaban J connectivity index is 1.46. The number of benzene rings is 1. The van der Waals surface area contributed by atoms with E-state index in [0.29, 0.717) is 41.9 Å². The van der Waals surface area contributed by atoms with E-state index in [0.717, 1.165) is 33.9 Å². The summed E-state index contributed by atoms with van der Waals surface area (Å²) in [4.78, 5) is 19.2. The summed E-state index contributed by atoms with van der Waals surface area (Å²) in [6.45, 7) is 5.40. The fourth-order valence-corrected chi connectivity index (χ4v) is 5.01. The first kappa shape index (κ1) is 24.5. The molecule has 0 aliphatic carbocycles. The van der Waals surface area contributed by atoms with Gasteiger partial charge in [-0.15, -0.1) is 0 Å². The van der Waals surface area contributed by atoms with Crippen LogP contribution in [0.5, 0.6) is 0 Å². The van der Waals surface area contributed by atoms with E-state index < -0.39 is 0 Å². The summed E-state index contributed by atoms with van der Waals surface area (Å²) < 4.78 is 9.00. The van der Waals surface area contributed by atoms with Crippen LogP contribution in [0, 0.1) is 0 Å². The fraction of sp³-hybridized carbons (Fsp3) is 0.308. The lowest BCUT2D eigenvalue weighted by Gasteiger charge is -2.27. The number of anilines is 1. The monoisotopic (exact) mass is 524 g/mol.